The molecule has 124 valence electrons. The number of nitrogens with one attached hydrogen (secondary N) is 2. The molecule has 0 aliphatic heterocycles. The van der Waals surface area contributed by atoms with E-state index in [2.05, 4.69) is 21.1 Å². The Bertz CT molecular complexity index is 744. The molecule has 0 saturated heterocycles. The van der Waals surface area contributed by atoms with Gasteiger partial charge in [-0.25, -0.2) is 15.6 Å². The van der Waals surface area contributed by atoms with Gasteiger partial charge in [-0.2, -0.15) is 10.2 Å². The molecule has 0 unspecified atom stereocenters. The Hall–Kier alpha value is -2.77. The van der Waals surface area contributed by atoms with E-state index in [-0.39, 0.29) is 11.5 Å². The Labute approximate surface area is 147 Å². The van der Waals surface area contributed by atoms with Crippen LogP contribution in [0.3, 0.4) is 0 Å². The average Bonchev–Trinajstić information content (AvgIpc) is 2.51. The molecule has 0 spiro atoms. The van der Waals surface area contributed by atoms with Gasteiger partial charge in [0.05, 0.1) is 12.4 Å². The normalized spacial score (nSPS) is 11.1. The zero-order valence-corrected chi connectivity index (χ0v) is 13.6. The van der Waals surface area contributed by atoms with Crippen LogP contribution in [0.1, 0.15) is 11.1 Å². The van der Waals surface area contributed by atoms with Crippen molar-refractivity contribution in [2.75, 3.05) is 0 Å². The number of halogens is 2. The number of rotatable bonds is 4. The summed E-state index contributed by atoms with van der Waals surface area (Å²) in [5.41, 5.74) is 5.09. The van der Waals surface area contributed by atoms with E-state index < -0.39 is 6.03 Å². The highest BCUT2D eigenvalue weighted by Crippen LogP contribution is 2.20. The van der Waals surface area contributed by atoms with Crippen LogP contribution in [-0.4, -0.2) is 28.7 Å². The van der Waals surface area contributed by atoms with Gasteiger partial charge in [0.15, 0.2) is 0 Å². The molecule has 2 amide bonds. The Morgan fingerprint density at radius 3 is 1.67 bits per heavy atom. The summed E-state index contributed by atoms with van der Waals surface area (Å²) in [6.45, 7) is 0. The van der Waals surface area contributed by atoms with Gasteiger partial charge in [-0.05, 0) is 36.4 Å². The van der Waals surface area contributed by atoms with Crippen molar-refractivity contribution in [1.29, 1.82) is 0 Å². The summed E-state index contributed by atoms with van der Waals surface area (Å²) < 4.78 is 0. The van der Waals surface area contributed by atoms with Crippen molar-refractivity contribution in [2.24, 2.45) is 10.2 Å². The van der Waals surface area contributed by atoms with E-state index in [9.17, 15) is 15.0 Å². The molecule has 2 aromatic rings. The highest BCUT2D eigenvalue weighted by Gasteiger charge is 2.01. The summed E-state index contributed by atoms with van der Waals surface area (Å²) >= 11 is 11.4. The first-order valence-corrected chi connectivity index (χ1v) is 7.30. The van der Waals surface area contributed by atoms with Crippen LogP contribution in [0, 0.1) is 0 Å². The summed E-state index contributed by atoms with van der Waals surface area (Å²) in [5, 5.41) is 27.3. The largest absolute Gasteiger partial charge is 0.507 e. The monoisotopic (exact) mass is 366 g/mol. The molecule has 0 saturated carbocycles. The van der Waals surface area contributed by atoms with E-state index >= 15 is 0 Å². The van der Waals surface area contributed by atoms with Crippen LogP contribution in [0.4, 0.5) is 4.79 Å². The molecule has 0 aliphatic rings. The number of hydrogen-bond donors (Lipinski definition) is 4. The SMILES string of the molecule is O=C(N/N=C/c1ccc(Cl)cc1O)N/N=C/c1ccc(Cl)cc1O. The van der Waals surface area contributed by atoms with Crippen molar-refractivity contribution in [3.63, 3.8) is 0 Å². The van der Waals surface area contributed by atoms with Gasteiger partial charge < -0.3 is 10.2 Å². The second-order valence-electron chi connectivity index (χ2n) is 4.48. The third-order valence-electron chi connectivity index (χ3n) is 2.72. The average molecular weight is 367 g/mol. The third-order valence-corrected chi connectivity index (χ3v) is 3.19. The zero-order chi connectivity index (χ0) is 17.5. The minimum absolute atomic E-state index is 0.0651. The summed E-state index contributed by atoms with van der Waals surface area (Å²) in [7, 11) is 0. The molecule has 0 fully saturated rings. The quantitative estimate of drug-likeness (QED) is 0.493. The van der Waals surface area contributed by atoms with E-state index in [4.69, 9.17) is 23.2 Å². The van der Waals surface area contributed by atoms with Crippen LogP contribution in [0.2, 0.25) is 10.0 Å². The molecule has 0 heterocycles. The Morgan fingerprint density at radius 1 is 0.875 bits per heavy atom. The van der Waals surface area contributed by atoms with Gasteiger partial charge in [0, 0.05) is 21.2 Å². The van der Waals surface area contributed by atoms with Gasteiger partial charge >= 0.3 is 6.03 Å². The number of phenols is 2. The number of carbonyl (C=O) groups is 1. The van der Waals surface area contributed by atoms with Crippen molar-refractivity contribution in [1.82, 2.24) is 10.9 Å². The van der Waals surface area contributed by atoms with Crippen LogP contribution in [0.25, 0.3) is 0 Å². The lowest BCUT2D eigenvalue weighted by molar-refractivity contribution is 0.242. The number of amides is 2. The molecule has 0 aromatic heterocycles. The lowest BCUT2D eigenvalue weighted by Gasteiger charge is -2.01. The van der Waals surface area contributed by atoms with E-state index in [1.54, 1.807) is 24.3 Å². The molecule has 9 heteroatoms. The number of hydrogen-bond acceptors (Lipinski definition) is 5. The second kappa shape index (κ2) is 8.19. The van der Waals surface area contributed by atoms with E-state index in [1.165, 1.54) is 24.6 Å². The molecule has 0 atom stereocenters. The smallest absolute Gasteiger partial charge is 0.355 e. The van der Waals surface area contributed by atoms with E-state index in [0.29, 0.717) is 21.2 Å². The van der Waals surface area contributed by atoms with Crippen LogP contribution >= 0.6 is 23.2 Å². The van der Waals surface area contributed by atoms with Crippen LogP contribution in [0.5, 0.6) is 11.5 Å². The van der Waals surface area contributed by atoms with Gasteiger partial charge in [-0.1, -0.05) is 23.2 Å². The molecular weight excluding hydrogens is 355 g/mol. The summed E-state index contributed by atoms with van der Waals surface area (Å²) in [6.07, 6.45) is 2.50. The standard InChI is InChI=1S/C15H12Cl2N4O3/c16-11-3-1-9(13(22)5-11)7-18-20-15(24)21-19-8-10-2-4-12(17)6-14(10)23/h1-8,22-23H,(H2,20,21,24)/b18-7+,19-8+. The number of urea groups is 1. The second-order valence-corrected chi connectivity index (χ2v) is 5.35. The van der Waals surface area contributed by atoms with Gasteiger partial charge in [0.1, 0.15) is 11.5 Å². The predicted octanol–water partition coefficient (Wildman–Crippen LogP) is 3.07. The number of benzene rings is 2. The number of carbonyl (C=O) groups excluding carboxylic acids is 1. The zero-order valence-electron chi connectivity index (χ0n) is 12.1. The first-order chi connectivity index (χ1) is 11.5. The lowest BCUT2D eigenvalue weighted by Crippen LogP contribution is -2.28. The van der Waals surface area contributed by atoms with Gasteiger partial charge in [-0.3, -0.25) is 0 Å². The topological polar surface area (TPSA) is 106 Å². The lowest BCUT2D eigenvalue weighted by atomic mass is 10.2. The van der Waals surface area contributed by atoms with E-state index in [1.807, 2.05) is 0 Å². The first-order valence-electron chi connectivity index (χ1n) is 6.55. The minimum Gasteiger partial charge on any atom is -0.507 e. The van der Waals surface area contributed by atoms with Gasteiger partial charge in [0.25, 0.3) is 0 Å². The molecule has 24 heavy (non-hydrogen) atoms. The van der Waals surface area contributed by atoms with Crippen LogP contribution in [0.15, 0.2) is 46.6 Å². The first kappa shape index (κ1) is 17.6. The predicted molar refractivity (Wildman–Crippen MR) is 93.1 cm³/mol. The molecule has 0 aliphatic carbocycles. The molecule has 7 nitrogen and oxygen atoms in total. The van der Waals surface area contributed by atoms with Crippen molar-refractivity contribution < 1.29 is 15.0 Å². The van der Waals surface area contributed by atoms with Crippen LogP contribution < -0.4 is 10.9 Å². The Kier molecular flexibility index (Phi) is 6.00. The molecule has 2 aromatic carbocycles. The van der Waals surface area contributed by atoms with Crippen molar-refractivity contribution in [3.05, 3.63) is 57.6 Å². The van der Waals surface area contributed by atoms with Crippen molar-refractivity contribution in [2.45, 2.75) is 0 Å². The summed E-state index contributed by atoms with van der Waals surface area (Å²) in [6, 6.07) is 8.24. The fraction of sp³-hybridized carbons (Fsp3) is 0. The molecule has 0 radical (unpaired) electrons. The fourth-order valence-corrected chi connectivity index (χ4v) is 1.93. The minimum atomic E-state index is -0.704. The number of hydrazone groups is 2. The van der Waals surface area contributed by atoms with Gasteiger partial charge in [-0.15, -0.1) is 0 Å². The van der Waals surface area contributed by atoms with Gasteiger partial charge in [0.2, 0.25) is 0 Å². The maximum Gasteiger partial charge on any atom is 0.355 e. The number of phenolic OH excluding ortho intramolecular Hbond substituents is 2. The third kappa shape index (κ3) is 5.15. The Balaban J connectivity index is 1.87. The van der Waals surface area contributed by atoms with Crippen LogP contribution in [-0.2, 0) is 0 Å². The molecular formula is C15H12Cl2N4O3. The highest BCUT2D eigenvalue weighted by molar-refractivity contribution is 6.31. The van der Waals surface area contributed by atoms with E-state index in [0.717, 1.165) is 0 Å². The molecule has 0 bridgehead atoms. The molecule has 4 N–H and O–H groups in total. The molecule has 2 rings (SSSR count). The van der Waals surface area contributed by atoms with Crippen molar-refractivity contribution >= 4 is 41.7 Å². The maximum atomic E-state index is 11.5. The summed E-state index contributed by atoms with van der Waals surface area (Å²) in [4.78, 5) is 11.5. The summed E-state index contributed by atoms with van der Waals surface area (Å²) in [5.74, 6) is -0.130. The maximum absolute atomic E-state index is 11.5. The van der Waals surface area contributed by atoms with Crippen molar-refractivity contribution in [3.8, 4) is 11.5 Å². The highest BCUT2D eigenvalue weighted by atomic mass is 35.5. The fourth-order valence-electron chi connectivity index (χ4n) is 1.60. The number of nitrogens with zero attached hydrogens (tertiary/aromatic N) is 2. The Morgan fingerprint density at radius 2 is 1.29 bits per heavy atom. The number of aromatic hydroxyl groups is 2.